The summed E-state index contributed by atoms with van der Waals surface area (Å²) in [5.74, 6) is -0.541. The van der Waals surface area contributed by atoms with Gasteiger partial charge in [-0.05, 0) is 48.2 Å². The number of piperazine rings is 1. The van der Waals surface area contributed by atoms with Crippen LogP contribution in [0.2, 0.25) is 0 Å². The second-order valence-electron chi connectivity index (χ2n) is 5.23. The summed E-state index contributed by atoms with van der Waals surface area (Å²) in [6.07, 6.45) is 0. The molecule has 1 unspecified atom stereocenters. The van der Waals surface area contributed by atoms with E-state index in [-0.39, 0.29) is 11.7 Å². The smallest absolute Gasteiger partial charge is 0.252 e. The zero-order valence-electron chi connectivity index (χ0n) is 11.7. The number of carbonyl (C=O) groups excluding carboxylic acids is 1. The molecule has 1 aliphatic heterocycles. The molecule has 0 aliphatic carbocycles. The van der Waals surface area contributed by atoms with Crippen molar-refractivity contribution in [1.82, 2.24) is 15.1 Å². The van der Waals surface area contributed by atoms with Gasteiger partial charge in [-0.25, -0.2) is 4.39 Å². The van der Waals surface area contributed by atoms with Crippen molar-refractivity contribution < 1.29 is 9.18 Å². The van der Waals surface area contributed by atoms with Crippen LogP contribution in [0.25, 0.3) is 0 Å². The molecule has 0 aromatic heterocycles. The number of nitrogens with zero attached hydrogens (tertiary/aromatic N) is 2. The van der Waals surface area contributed by atoms with Crippen LogP contribution in [0, 0.1) is 5.82 Å². The molecule has 1 amide bonds. The minimum absolute atomic E-state index is 0.182. The Morgan fingerprint density at radius 1 is 1.45 bits per heavy atom. The van der Waals surface area contributed by atoms with Crippen molar-refractivity contribution in [3.8, 4) is 0 Å². The van der Waals surface area contributed by atoms with Gasteiger partial charge >= 0.3 is 0 Å². The first-order valence-electron chi connectivity index (χ1n) is 6.59. The number of amides is 1. The number of likely N-dealkylation sites (N-methyl/N-ethyl adjacent to an activating group) is 2. The molecule has 110 valence electrons. The Balaban J connectivity index is 1.94. The molecular weight excluding hydrogens is 325 g/mol. The maximum atomic E-state index is 13.0. The largest absolute Gasteiger partial charge is 0.350 e. The first kappa shape index (κ1) is 15.4. The Labute approximate surface area is 127 Å². The molecule has 1 aromatic rings. The molecule has 2 rings (SSSR count). The average molecular weight is 344 g/mol. The van der Waals surface area contributed by atoms with Crippen molar-refractivity contribution in [2.45, 2.75) is 6.04 Å². The molecule has 0 spiro atoms. The fourth-order valence-corrected chi connectivity index (χ4v) is 2.83. The molecule has 0 bridgehead atoms. The Morgan fingerprint density at radius 2 is 2.20 bits per heavy atom. The summed E-state index contributed by atoms with van der Waals surface area (Å²) in [5, 5.41) is 2.92. The van der Waals surface area contributed by atoms with E-state index >= 15 is 0 Å². The van der Waals surface area contributed by atoms with Crippen molar-refractivity contribution in [3.05, 3.63) is 34.1 Å². The van der Waals surface area contributed by atoms with Crippen molar-refractivity contribution in [3.63, 3.8) is 0 Å². The van der Waals surface area contributed by atoms with Crippen LogP contribution in [0.3, 0.4) is 0 Å². The normalized spacial score (nSPS) is 20.9. The highest BCUT2D eigenvalue weighted by molar-refractivity contribution is 9.10. The number of hydrogen-bond acceptors (Lipinski definition) is 3. The van der Waals surface area contributed by atoms with Gasteiger partial charge in [-0.1, -0.05) is 0 Å². The monoisotopic (exact) mass is 343 g/mol. The van der Waals surface area contributed by atoms with E-state index in [1.807, 2.05) is 0 Å². The van der Waals surface area contributed by atoms with Crippen LogP contribution in [0.4, 0.5) is 4.39 Å². The fraction of sp³-hybridized carbons (Fsp3) is 0.500. The van der Waals surface area contributed by atoms with Gasteiger partial charge in [0.25, 0.3) is 5.91 Å². The number of rotatable bonds is 3. The summed E-state index contributed by atoms with van der Waals surface area (Å²) in [6.45, 7) is 3.56. The van der Waals surface area contributed by atoms with Gasteiger partial charge in [0, 0.05) is 36.7 Å². The number of carbonyl (C=O) groups is 1. The van der Waals surface area contributed by atoms with Gasteiger partial charge < -0.3 is 10.2 Å². The number of benzene rings is 1. The van der Waals surface area contributed by atoms with Gasteiger partial charge in [0.05, 0.1) is 5.56 Å². The summed E-state index contributed by atoms with van der Waals surface area (Å²) in [4.78, 5) is 16.6. The fourth-order valence-electron chi connectivity index (χ4n) is 2.30. The second-order valence-corrected chi connectivity index (χ2v) is 6.09. The van der Waals surface area contributed by atoms with Gasteiger partial charge in [0.15, 0.2) is 0 Å². The third-order valence-electron chi connectivity index (χ3n) is 3.65. The minimum Gasteiger partial charge on any atom is -0.350 e. The van der Waals surface area contributed by atoms with Crippen LogP contribution >= 0.6 is 15.9 Å². The Morgan fingerprint density at radius 3 is 2.90 bits per heavy atom. The van der Waals surface area contributed by atoms with E-state index < -0.39 is 0 Å². The molecule has 4 nitrogen and oxygen atoms in total. The van der Waals surface area contributed by atoms with E-state index in [1.165, 1.54) is 18.2 Å². The minimum atomic E-state index is -0.359. The molecule has 1 aromatic carbocycles. The molecule has 0 radical (unpaired) electrons. The third kappa shape index (κ3) is 3.77. The van der Waals surface area contributed by atoms with Gasteiger partial charge in [-0.15, -0.1) is 0 Å². The second kappa shape index (κ2) is 6.65. The Kier molecular flexibility index (Phi) is 5.12. The van der Waals surface area contributed by atoms with Crippen LogP contribution in [-0.2, 0) is 0 Å². The van der Waals surface area contributed by atoms with E-state index in [1.54, 1.807) is 0 Å². The molecule has 1 atom stereocenters. The summed E-state index contributed by atoms with van der Waals surface area (Å²) in [6, 6.07) is 4.39. The van der Waals surface area contributed by atoms with Crippen LogP contribution in [0.5, 0.6) is 0 Å². The number of halogens is 2. The summed E-state index contributed by atoms with van der Waals surface area (Å²) >= 11 is 3.22. The highest BCUT2D eigenvalue weighted by Gasteiger charge is 2.22. The van der Waals surface area contributed by atoms with Crippen molar-refractivity contribution in [2.24, 2.45) is 0 Å². The summed E-state index contributed by atoms with van der Waals surface area (Å²) in [5.41, 5.74) is 0.457. The zero-order chi connectivity index (χ0) is 14.7. The topological polar surface area (TPSA) is 35.6 Å². The molecule has 1 saturated heterocycles. The highest BCUT2D eigenvalue weighted by Crippen LogP contribution is 2.18. The van der Waals surface area contributed by atoms with Crippen LogP contribution in [0.15, 0.2) is 22.7 Å². The van der Waals surface area contributed by atoms with E-state index in [9.17, 15) is 9.18 Å². The lowest BCUT2D eigenvalue weighted by molar-refractivity contribution is 0.0880. The molecule has 6 heteroatoms. The predicted octanol–water partition coefficient (Wildman–Crippen LogP) is 1.56. The Hall–Kier alpha value is -0.980. The maximum absolute atomic E-state index is 13.0. The lowest BCUT2D eigenvalue weighted by Crippen LogP contribution is -2.54. The lowest BCUT2D eigenvalue weighted by Gasteiger charge is -2.37. The molecule has 1 fully saturated rings. The first-order valence-corrected chi connectivity index (χ1v) is 7.38. The summed E-state index contributed by atoms with van der Waals surface area (Å²) in [7, 11) is 4.15. The highest BCUT2D eigenvalue weighted by atomic mass is 79.9. The first-order chi connectivity index (χ1) is 9.47. The van der Waals surface area contributed by atoms with Gasteiger partial charge in [-0.3, -0.25) is 9.69 Å². The quantitative estimate of drug-likeness (QED) is 0.904. The lowest BCUT2D eigenvalue weighted by atomic mass is 10.1. The zero-order valence-corrected chi connectivity index (χ0v) is 13.3. The molecular formula is C14H19BrFN3O. The molecule has 1 N–H and O–H groups in total. The van der Waals surface area contributed by atoms with E-state index in [0.29, 0.717) is 22.6 Å². The predicted molar refractivity (Wildman–Crippen MR) is 80.3 cm³/mol. The standard InChI is InChI=1S/C14H19BrFN3O/c1-18-5-6-19(2)11(9-18)8-17-14(20)12-4-3-10(16)7-13(12)15/h3-4,7,11H,5-6,8-9H2,1-2H3,(H,17,20). The maximum Gasteiger partial charge on any atom is 0.252 e. The van der Waals surface area contributed by atoms with Crippen LogP contribution in [0.1, 0.15) is 10.4 Å². The van der Waals surface area contributed by atoms with E-state index in [2.05, 4.69) is 45.1 Å². The van der Waals surface area contributed by atoms with Crippen molar-refractivity contribution in [2.75, 3.05) is 40.3 Å². The number of nitrogens with one attached hydrogen (secondary N) is 1. The molecule has 20 heavy (non-hydrogen) atoms. The van der Waals surface area contributed by atoms with Crippen LogP contribution < -0.4 is 5.32 Å². The van der Waals surface area contributed by atoms with E-state index in [0.717, 1.165) is 19.6 Å². The van der Waals surface area contributed by atoms with Gasteiger partial charge in [0.1, 0.15) is 5.82 Å². The van der Waals surface area contributed by atoms with E-state index in [4.69, 9.17) is 0 Å². The molecule has 0 saturated carbocycles. The number of hydrogen-bond donors (Lipinski definition) is 1. The van der Waals surface area contributed by atoms with Crippen LogP contribution in [-0.4, -0.2) is 62.0 Å². The average Bonchev–Trinajstić information content (AvgIpc) is 2.39. The van der Waals surface area contributed by atoms with Crippen molar-refractivity contribution in [1.29, 1.82) is 0 Å². The van der Waals surface area contributed by atoms with Gasteiger partial charge in [0.2, 0.25) is 0 Å². The third-order valence-corrected chi connectivity index (χ3v) is 4.31. The molecule has 1 aliphatic rings. The molecule has 1 heterocycles. The Bertz CT molecular complexity index is 497. The van der Waals surface area contributed by atoms with Crippen molar-refractivity contribution >= 4 is 21.8 Å². The SMILES string of the molecule is CN1CCN(C)C(CNC(=O)c2ccc(F)cc2Br)C1. The van der Waals surface area contributed by atoms with Gasteiger partial charge in [-0.2, -0.15) is 0 Å². The summed E-state index contributed by atoms with van der Waals surface area (Å²) < 4.78 is 13.5.